The van der Waals surface area contributed by atoms with Gasteiger partial charge < -0.3 is 14.8 Å². The monoisotopic (exact) mass is 295 g/mol. The van der Waals surface area contributed by atoms with Crippen molar-refractivity contribution in [3.8, 4) is 0 Å². The molecule has 2 atom stereocenters. The van der Waals surface area contributed by atoms with Crippen LogP contribution in [0.4, 0.5) is 0 Å². The third-order valence-corrected chi connectivity index (χ3v) is 5.58. The molecule has 2 unspecified atom stereocenters. The highest BCUT2D eigenvalue weighted by molar-refractivity contribution is 7.12. The molecule has 1 aliphatic carbocycles. The molecule has 3 nitrogen and oxygen atoms in total. The van der Waals surface area contributed by atoms with E-state index in [2.05, 4.69) is 18.3 Å². The molecule has 1 aliphatic heterocycles. The van der Waals surface area contributed by atoms with E-state index in [4.69, 9.17) is 9.47 Å². The second-order valence-electron chi connectivity index (χ2n) is 6.38. The molecule has 1 fully saturated rings. The first-order chi connectivity index (χ1) is 9.53. The molecule has 1 N–H and O–H groups in total. The Balaban J connectivity index is 1.54. The Kier molecular flexibility index (Phi) is 4.18. The van der Waals surface area contributed by atoms with Gasteiger partial charge in [-0.25, -0.2) is 0 Å². The van der Waals surface area contributed by atoms with Crippen molar-refractivity contribution >= 4 is 11.3 Å². The number of aryl methyl sites for hydroxylation is 2. The van der Waals surface area contributed by atoms with E-state index in [0.29, 0.717) is 12.6 Å². The highest BCUT2D eigenvalue weighted by Gasteiger charge is 2.32. The maximum absolute atomic E-state index is 5.84. The largest absolute Gasteiger partial charge is 0.348 e. The highest BCUT2D eigenvalue weighted by atomic mass is 32.1. The molecule has 3 rings (SSSR count). The minimum Gasteiger partial charge on any atom is -0.348 e. The molecule has 0 saturated carbocycles. The summed E-state index contributed by atoms with van der Waals surface area (Å²) in [7, 11) is 0. The molecule has 1 aromatic rings. The van der Waals surface area contributed by atoms with Crippen LogP contribution in [-0.2, 0) is 22.3 Å². The van der Waals surface area contributed by atoms with E-state index in [-0.39, 0.29) is 6.10 Å². The predicted molar refractivity (Wildman–Crippen MR) is 82.3 cm³/mol. The maximum Gasteiger partial charge on any atom is 0.163 e. The normalized spacial score (nSPS) is 26.4. The van der Waals surface area contributed by atoms with Crippen molar-refractivity contribution < 1.29 is 9.47 Å². The Morgan fingerprint density at radius 1 is 1.40 bits per heavy atom. The van der Waals surface area contributed by atoms with Crippen LogP contribution in [0.25, 0.3) is 0 Å². The number of hydrogen-bond acceptors (Lipinski definition) is 4. The van der Waals surface area contributed by atoms with Gasteiger partial charge in [0.05, 0.1) is 12.7 Å². The SMILES string of the molecule is CC(NCC1COC(C)(C)O1)c1cc2c(s1)CCCC2. The average molecular weight is 295 g/mol. The topological polar surface area (TPSA) is 30.5 Å². The van der Waals surface area contributed by atoms with Gasteiger partial charge in [-0.3, -0.25) is 0 Å². The quantitative estimate of drug-likeness (QED) is 0.923. The molecule has 0 radical (unpaired) electrons. The smallest absolute Gasteiger partial charge is 0.163 e. The van der Waals surface area contributed by atoms with Crippen LogP contribution in [0.3, 0.4) is 0 Å². The molecular weight excluding hydrogens is 270 g/mol. The number of thiophene rings is 1. The summed E-state index contributed by atoms with van der Waals surface area (Å²) in [5.74, 6) is -0.419. The highest BCUT2D eigenvalue weighted by Crippen LogP contribution is 2.33. The predicted octanol–water partition coefficient (Wildman–Crippen LogP) is 3.43. The van der Waals surface area contributed by atoms with Gasteiger partial charge in [-0.05, 0) is 58.1 Å². The Bertz CT molecular complexity index is 446. The summed E-state index contributed by atoms with van der Waals surface area (Å²) in [6, 6.07) is 2.81. The van der Waals surface area contributed by atoms with E-state index >= 15 is 0 Å². The van der Waals surface area contributed by atoms with Crippen molar-refractivity contribution in [1.29, 1.82) is 0 Å². The first-order valence-corrected chi connectivity index (χ1v) is 8.52. The van der Waals surface area contributed by atoms with Crippen molar-refractivity contribution in [2.75, 3.05) is 13.2 Å². The fourth-order valence-electron chi connectivity index (χ4n) is 3.00. The van der Waals surface area contributed by atoms with Crippen LogP contribution in [0.2, 0.25) is 0 Å². The van der Waals surface area contributed by atoms with Gasteiger partial charge in [-0.2, -0.15) is 0 Å². The summed E-state index contributed by atoms with van der Waals surface area (Å²) in [6.45, 7) is 7.74. The first-order valence-electron chi connectivity index (χ1n) is 7.70. The van der Waals surface area contributed by atoms with Gasteiger partial charge in [0, 0.05) is 22.3 Å². The Labute approximate surface area is 125 Å². The standard InChI is InChI=1S/C16H25NO2S/c1-11(17-9-13-10-18-16(2,3)19-13)15-8-12-6-4-5-7-14(12)20-15/h8,11,13,17H,4-7,9-10H2,1-3H3. The van der Waals surface area contributed by atoms with E-state index in [1.165, 1.54) is 30.6 Å². The number of fused-ring (bicyclic) bond motifs is 1. The number of hydrogen-bond donors (Lipinski definition) is 1. The lowest BCUT2D eigenvalue weighted by Crippen LogP contribution is -2.31. The zero-order valence-electron chi connectivity index (χ0n) is 12.7. The van der Waals surface area contributed by atoms with Crippen LogP contribution >= 0.6 is 11.3 Å². The summed E-state index contributed by atoms with van der Waals surface area (Å²) in [4.78, 5) is 3.08. The zero-order chi connectivity index (χ0) is 14.2. The van der Waals surface area contributed by atoms with Gasteiger partial charge >= 0.3 is 0 Å². The Hall–Kier alpha value is -0.420. The Morgan fingerprint density at radius 2 is 2.20 bits per heavy atom. The summed E-state index contributed by atoms with van der Waals surface area (Å²) in [5.41, 5.74) is 1.59. The van der Waals surface area contributed by atoms with Gasteiger partial charge in [0.15, 0.2) is 5.79 Å². The molecule has 0 amide bonds. The summed E-state index contributed by atoms with van der Waals surface area (Å²) >= 11 is 1.99. The summed E-state index contributed by atoms with van der Waals surface area (Å²) in [6.07, 6.45) is 5.43. The van der Waals surface area contributed by atoms with Crippen molar-refractivity contribution in [1.82, 2.24) is 5.32 Å². The summed E-state index contributed by atoms with van der Waals surface area (Å²) in [5, 5.41) is 3.59. The lowest BCUT2D eigenvalue weighted by molar-refractivity contribution is -0.137. The van der Waals surface area contributed by atoms with Crippen molar-refractivity contribution in [2.45, 2.75) is 64.4 Å². The van der Waals surface area contributed by atoms with Crippen LogP contribution in [-0.4, -0.2) is 25.0 Å². The third kappa shape index (κ3) is 3.25. The molecule has 2 aliphatic rings. The van der Waals surface area contributed by atoms with Crippen molar-refractivity contribution in [3.63, 3.8) is 0 Å². The fourth-order valence-corrected chi connectivity index (χ4v) is 4.28. The van der Waals surface area contributed by atoms with Gasteiger partial charge in [0.25, 0.3) is 0 Å². The minimum absolute atomic E-state index is 0.169. The van der Waals surface area contributed by atoms with Crippen LogP contribution < -0.4 is 5.32 Å². The molecule has 2 heterocycles. The van der Waals surface area contributed by atoms with Gasteiger partial charge in [-0.15, -0.1) is 11.3 Å². The molecular formula is C16H25NO2S. The van der Waals surface area contributed by atoms with Crippen molar-refractivity contribution in [2.24, 2.45) is 0 Å². The molecule has 0 spiro atoms. The first kappa shape index (κ1) is 14.5. The molecule has 0 bridgehead atoms. The van der Waals surface area contributed by atoms with Gasteiger partial charge in [0.2, 0.25) is 0 Å². The second-order valence-corrected chi connectivity index (χ2v) is 7.55. The third-order valence-electron chi connectivity index (χ3n) is 4.16. The average Bonchev–Trinajstić information content (AvgIpc) is 2.99. The van der Waals surface area contributed by atoms with Gasteiger partial charge in [0.1, 0.15) is 0 Å². The molecule has 20 heavy (non-hydrogen) atoms. The van der Waals surface area contributed by atoms with Crippen LogP contribution in [0, 0.1) is 0 Å². The van der Waals surface area contributed by atoms with E-state index in [1.54, 1.807) is 10.4 Å². The lowest BCUT2D eigenvalue weighted by Gasteiger charge is -2.19. The molecule has 4 heteroatoms. The van der Waals surface area contributed by atoms with E-state index in [1.807, 2.05) is 25.2 Å². The summed E-state index contributed by atoms with van der Waals surface area (Å²) < 4.78 is 11.4. The van der Waals surface area contributed by atoms with E-state index in [0.717, 1.165) is 6.54 Å². The molecule has 1 saturated heterocycles. The molecule has 0 aromatic carbocycles. The zero-order valence-corrected chi connectivity index (χ0v) is 13.5. The minimum atomic E-state index is -0.419. The van der Waals surface area contributed by atoms with Crippen LogP contribution in [0.5, 0.6) is 0 Å². The van der Waals surface area contributed by atoms with Crippen LogP contribution in [0.1, 0.15) is 55.0 Å². The van der Waals surface area contributed by atoms with E-state index < -0.39 is 5.79 Å². The number of nitrogens with one attached hydrogen (secondary N) is 1. The lowest BCUT2D eigenvalue weighted by atomic mass is 9.99. The second kappa shape index (κ2) is 5.76. The number of ether oxygens (including phenoxy) is 2. The van der Waals surface area contributed by atoms with E-state index in [9.17, 15) is 0 Å². The van der Waals surface area contributed by atoms with Crippen molar-refractivity contribution in [3.05, 3.63) is 21.4 Å². The molecule has 1 aromatic heterocycles. The van der Waals surface area contributed by atoms with Crippen LogP contribution in [0.15, 0.2) is 6.07 Å². The van der Waals surface area contributed by atoms with Gasteiger partial charge in [-0.1, -0.05) is 0 Å². The Morgan fingerprint density at radius 3 is 2.90 bits per heavy atom. The molecule has 112 valence electrons. The fraction of sp³-hybridized carbons (Fsp3) is 0.750. The number of rotatable bonds is 4. The maximum atomic E-state index is 5.84.